The molecule has 3 nitrogen and oxygen atoms in total. The van der Waals surface area contributed by atoms with Crippen LogP contribution in [-0.4, -0.2) is 41.3 Å². The van der Waals surface area contributed by atoms with Gasteiger partial charge in [0, 0.05) is 12.6 Å². The lowest BCUT2D eigenvalue weighted by atomic mass is 9.99. The fourth-order valence-electron chi connectivity index (χ4n) is 1.85. The lowest BCUT2D eigenvalue weighted by Gasteiger charge is -2.35. The van der Waals surface area contributed by atoms with Crippen molar-refractivity contribution in [2.75, 3.05) is 13.1 Å². The molecule has 0 aromatic rings. The lowest BCUT2D eigenvalue weighted by molar-refractivity contribution is -0.143. The van der Waals surface area contributed by atoms with Gasteiger partial charge < -0.3 is 5.11 Å². The van der Waals surface area contributed by atoms with Gasteiger partial charge >= 0.3 is 5.97 Å². The summed E-state index contributed by atoms with van der Waals surface area (Å²) in [6.45, 7) is 4.74. The van der Waals surface area contributed by atoms with Gasteiger partial charge in [0.25, 0.3) is 0 Å². The Kier molecular flexibility index (Phi) is 3.86. The van der Waals surface area contributed by atoms with E-state index in [0.717, 1.165) is 13.0 Å². The maximum atomic E-state index is 13.1. The first-order valence-electron chi connectivity index (χ1n) is 5.13. The van der Waals surface area contributed by atoms with Crippen LogP contribution in [0.3, 0.4) is 0 Å². The third kappa shape index (κ3) is 2.67. The standard InChI is InChI=1S/C10H18FNO2/c1-7(10(13)14)8(2)12-5-3-4-9(11)6-12/h7-9H,3-6H2,1-2H3,(H,13,14). The smallest absolute Gasteiger partial charge is 0.307 e. The molecule has 14 heavy (non-hydrogen) atoms. The molecule has 1 aliphatic rings. The molecular weight excluding hydrogens is 185 g/mol. The highest BCUT2D eigenvalue weighted by molar-refractivity contribution is 5.70. The summed E-state index contributed by atoms with van der Waals surface area (Å²) >= 11 is 0. The number of piperidine rings is 1. The zero-order valence-electron chi connectivity index (χ0n) is 8.74. The Morgan fingerprint density at radius 1 is 1.57 bits per heavy atom. The second kappa shape index (κ2) is 4.73. The molecule has 0 aromatic carbocycles. The Balaban J connectivity index is 2.50. The molecule has 3 unspecified atom stereocenters. The van der Waals surface area contributed by atoms with Crippen LogP contribution in [-0.2, 0) is 4.79 Å². The normalized spacial score (nSPS) is 28.4. The average Bonchev–Trinajstić information content (AvgIpc) is 2.15. The minimum atomic E-state index is -0.807. The largest absolute Gasteiger partial charge is 0.481 e. The Morgan fingerprint density at radius 2 is 2.21 bits per heavy atom. The summed E-state index contributed by atoms with van der Waals surface area (Å²) in [5, 5.41) is 8.83. The molecule has 3 atom stereocenters. The Hall–Kier alpha value is -0.640. The van der Waals surface area contributed by atoms with Crippen molar-refractivity contribution in [3.63, 3.8) is 0 Å². The summed E-state index contributed by atoms with van der Waals surface area (Å²) in [5.41, 5.74) is 0. The summed E-state index contributed by atoms with van der Waals surface area (Å²) in [5.74, 6) is -1.24. The van der Waals surface area contributed by atoms with Crippen molar-refractivity contribution < 1.29 is 14.3 Å². The van der Waals surface area contributed by atoms with Gasteiger partial charge in [-0.25, -0.2) is 4.39 Å². The number of hydrogen-bond donors (Lipinski definition) is 1. The summed E-state index contributed by atoms with van der Waals surface area (Å²) in [6, 6.07) is -0.0777. The first kappa shape index (κ1) is 11.4. The van der Waals surface area contributed by atoms with E-state index in [-0.39, 0.29) is 6.04 Å². The maximum Gasteiger partial charge on any atom is 0.307 e. The minimum absolute atomic E-state index is 0.0777. The highest BCUT2D eigenvalue weighted by Crippen LogP contribution is 2.19. The molecule has 1 fully saturated rings. The summed E-state index contributed by atoms with van der Waals surface area (Å²) in [6.07, 6.45) is 0.662. The second-order valence-electron chi connectivity index (χ2n) is 4.10. The van der Waals surface area contributed by atoms with Crippen LogP contribution in [0, 0.1) is 5.92 Å². The van der Waals surface area contributed by atoms with Gasteiger partial charge in [-0.15, -0.1) is 0 Å². The number of alkyl halides is 1. The summed E-state index contributed by atoms with van der Waals surface area (Å²) in [7, 11) is 0. The van der Waals surface area contributed by atoms with Crippen LogP contribution in [0.2, 0.25) is 0 Å². The second-order valence-corrected chi connectivity index (χ2v) is 4.10. The maximum absolute atomic E-state index is 13.1. The third-order valence-electron chi connectivity index (χ3n) is 3.08. The predicted molar refractivity (Wildman–Crippen MR) is 52.0 cm³/mol. The molecule has 0 radical (unpaired) electrons. The van der Waals surface area contributed by atoms with E-state index in [1.165, 1.54) is 0 Å². The first-order chi connectivity index (χ1) is 6.52. The van der Waals surface area contributed by atoms with Crippen LogP contribution in [0.1, 0.15) is 26.7 Å². The van der Waals surface area contributed by atoms with Gasteiger partial charge in [0.2, 0.25) is 0 Å². The fourth-order valence-corrected chi connectivity index (χ4v) is 1.85. The van der Waals surface area contributed by atoms with E-state index in [0.29, 0.717) is 13.0 Å². The summed E-state index contributed by atoms with van der Waals surface area (Å²) < 4.78 is 13.1. The van der Waals surface area contributed by atoms with Gasteiger partial charge in [-0.1, -0.05) is 6.92 Å². The molecule has 1 aliphatic heterocycles. The number of rotatable bonds is 3. The predicted octanol–water partition coefficient (Wildman–Crippen LogP) is 1.53. The zero-order valence-corrected chi connectivity index (χ0v) is 8.74. The van der Waals surface area contributed by atoms with Crippen LogP contribution < -0.4 is 0 Å². The molecule has 0 saturated carbocycles. The fraction of sp³-hybridized carbons (Fsp3) is 0.900. The molecule has 1 N–H and O–H groups in total. The highest BCUT2D eigenvalue weighted by atomic mass is 19.1. The van der Waals surface area contributed by atoms with E-state index in [1.54, 1.807) is 6.92 Å². The number of carbonyl (C=O) groups is 1. The van der Waals surface area contributed by atoms with Crippen molar-refractivity contribution in [2.24, 2.45) is 5.92 Å². The van der Waals surface area contributed by atoms with E-state index >= 15 is 0 Å². The van der Waals surface area contributed by atoms with Crippen LogP contribution in [0.25, 0.3) is 0 Å². The Labute approximate surface area is 83.9 Å². The molecule has 1 saturated heterocycles. The Bertz CT molecular complexity index is 210. The Morgan fingerprint density at radius 3 is 2.71 bits per heavy atom. The molecule has 0 aliphatic carbocycles. The molecule has 0 bridgehead atoms. The van der Waals surface area contributed by atoms with Gasteiger partial charge in [0.15, 0.2) is 0 Å². The van der Waals surface area contributed by atoms with Gasteiger partial charge in [-0.05, 0) is 26.3 Å². The number of carboxylic acids is 1. The van der Waals surface area contributed by atoms with E-state index in [4.69, 9.17) is 5.11 Å². The average molecular weight is 203 g/mol. The first-order valence-corrected chi connectivity index (χ1v) is 5.13. The van der Waals surface area contributed by atoms with Crippen LogP contribution in [0.4, 0.5) is 4.39 Å². The summed E-state index contributed by atoms with van der Waals surface area (Å²) in [4.78, 5) is 12.7. The van der Waals surface area contributed by atoms with Crippen LogP contribution in [0.5, 0.6) is 0 Å². The highest BCUT2D eigenvalue weighted by Gasteiger charge is 2.29. The zero-order chi connectivity index (χ0) is 10.7. The van der Waals surface area contributed by atoms with Crippen molar-refractivity contribution in [1.29, 1.82) is 0 Å². The van der Waals surface area contributed by atoms with Gasteiger partial charge in [-0.2, -0.15) is 0 Å². The number of halogens is 1. The molecule has 82 valence electrons. The van der Waals surface area contributed by atoms with Gasteiger partial charge in [0.1, 0.15) is 6.17 Å². The van der Waals surface area contributed by atoms with Gasteiger partial charge in [0.05, 0.1) is 5.92 Å². The van der Waals surface area contributed by atoms with Crippen molar-refractivity contribution in [3.05, 3.63) is 0 Å². The van der Waals surface area contributed by atoms with Crippen molar-refractivity contribution in [3.8, 4) is 0 Å². The van der Waals surface area contributed by atoms with Gasteiger partial charge in [-0.3, -0.25) is 9.69 Å². The van der Waals surface area contributed by atoms with E-state index in [1.807, 2.05) is 11.8 Å². The number of nitrogens with zero attached hydrogens (tertiary/aromatic N) is 1. The van der Waals surface area contributed by atoms with Crippen molar-refractivity contribution in [2.45, 2.75) is 38.9 Å². The SMILES string of the molecule is CC(C(=O)O)C(C)N1CCCC(F)C1. The van der Waals surface area contributed by atoms with E-state index < -0.39 is 18.1 Å². The van der Waals surface area contributed by atoms with Crippen molar-refractivity contribution >= 4 is 5.97 Å². The number of hydrogen-bond acceptors (Lipinski definition) is 2. The van der Waals surface area contributed by atoms with Crippen molar-refractivity contribution in [1.82, 2.24) is 4.90 Å². The lowest BCUT2D eigenvalue weighted by Crippen LogP contribution is -2.46. The molecular formula is C10H18FNO2. The topological polar surface area (TPSA) is 40.5 Å². The van der Waals surface area contributed by atoms with E-state index in [9.17, 15) is 9.18 Å². The monoisotopic (exact) mass is 203 g/mol. The third-order valence-corrected chi connectivity index (χ3v) is 3.08. The molecule has 1 heterocycles. The molecule has 0 aromatic heterocycles. The molecule has 0 spiro atoms. The van der Waals surface area contributed by atoms with E-state index in [2.05, 4.69) is 0 Å². The number of carboxylic acid groups (broad SMARTS) is 1. The number of aliphatic carboxylic acids is 1. The van der Waals surface area contributed by atoms with Crippen LogP contribution >= 0.6 is 0 Å². The molecule has 4 heteroatoms. The number of likely N-dealkylation sites (tertiary alicyclic amines) is 1. The quantitative estimate of drug-likeness (QED) is 0.756. The molecule has 1 rings (SSSR count). The molecule has 0 amide bonds. The van der Waals surface area contributed by atoms with Crippen LogP contribution in [0.15, 0.2) is 0 Å². The minimum Gasteiger partial charge on any atom is -0.481 e.